The van der Waals surface area contributed by atoms with E-state index in [4.69, 9.17) is 14.2 Å². The van der Waals surface area contributed by atoms with Crippen LogP contribution in [0.2, 0.25) is 0 Å². The zero-order valence-electron chi connectivity index (χ0n) is 14.8. The van der Waals surface area contributed by atoms with Gasteiger partial charge in [-0.2, -0.15) is 0 Å². The Balaban J connectivity index is 1.77. The lowest BCUT2D eigenvalue weighted by Gasteiger charge is -2.21. The molecule has 2 aromatic rings. The van der Waals surface area contributed by atoms with E-state index in [-0.39, 0.29) is 11.8 Å². The lowest BCUT2D eigenvalue weighted by Crippen LogP contribution is -2.27. The summed E-state index contributed by atoms with van der Waals surface area (Å²) in [6.07, 6.45) is 2.41. The van der Waals surface area contributed by atoms with E-state index in [1.807, 2.05) is 6.92 Å². The predicted octanol–water partition coefficient (Wildman–Crippen LogP) is 3.22. The third-order valence-electron chi connectivity index (χ3n) is 4.35. The van der Waals surface area contributed by atoms with Crippen molar-refractivity contribution in [1.82, 2.24) is 4.98 Å². The fraction of sp³-hybridized carbons (Fsp3) is 0.444. The number of rotatable bonds is 5. The number of carbonyl (C=O) groups excluding carboxylic acids is 1. The normalized spacial score (nSPS) is 16.1. The first-order valence-corrected chi connectivity index (χ1v) is 8.93. The predicted molar refractivity (Wildman–Crippen MR) is 97.1 cm³/mol. The van der Waals surface area contributed by atoms with Gasteiger partial charge in [-0.05, 0) is 26.2 Å². The summed E-state index contributed by atoms with van der Waals surface area (Å²) >= 11 is 1.69. The molecule has 1 N–H and O–H groups in total. The number of carbonyl (C=O) groups is 1. The van der Waals surface area contributed by atoms with Gasteiger partial charge in [0.25, 0.3) is 0 Å². The van der Waals surface area contributed by atoms with Gasteiger partial charge >= 0.3 is 0 Å². The molecule has 0 bridgehead atoms. The Labute approximate surface area is 151 Å². The Kier molecular flexibility index (Phi) is 5.13. The molecule has 3 rings (SSSR count). The minimum atomic E-state index is -0.0496. The lowest BCUT2D eigenvalue weighted by atomic mass is 9.90. The van der Waals surface area contributed by atoms with Crippen molar-refractivity contribution in [2.45, 2.75) is 26.2 Å². The fourth-order valence-corrected chi connectivity index (χ4v) is 4.19. The van der Waals surface area contributed by atoms with Crippen LogP contribution >= 0.6 is 11.3 Å². The molecule has 7 heteroatoms. The Morgan fingerprint density at radius 3 is 2.48 bits per heavy atom. The zero-order valence-corrected chi connectivity index (χ0v) is 15.7. The van der Waals surface area contributed by atoms with E-state index in [2.05, 4.69) is 10.3 Å². The number of anilines is 1. The highest BCUT2D eigenvalue weighted by molar-refractivity contribution is 7.11. The van der Waals surface area contributed by atoms with Crippen LogP contribution in [0.5, 0.6) is 17.2 Å². The maximum Gasteiger partial charge on any atom is 0.227 e. The molecule has 1 aromatic carbocycles. The molecule has 0 saturated heterocycles. The van der Waals surface area contributed by atoms with E-state index in [0.717, 1.165) is 30.0 Å². The molecule has 1 aromatic heterocycles. The number of fused-ring (bicyclic) bond motifs is 1. The first-order valence-electron chi connectivity index (χ1n) is 8.11. The quantitative estimate of drug-likeness (QED) is 0.884. The smallest absolute Gasteiger partial charge is 0.227 e. The SMILES string of the molecule is COc1cc(NC(=O)C2CCc3nc(C)sc3C2)cc(OC)c1OC. The number of nitrogens with one attached hydrogen (secondary N) is 1. The van der Waals surface area contributed by atoms with Crippen LogP contribution in [-0.2, 0) is 17.6 Å². The van der Waals surface area contributed by atoms with Crippen LogP contribution in [0.15, 0.2) is 12.1 Å². The topological polar surface area (TPSA) is 69.7 Å². The van der Waals surface area contributed by atoms with Gasteiger partial charge in [0, 0.05) is 28.6 Å². The van der Waals surface area contributed by atoms with Crippen molar-refractivity contribution in [1.29, 1.82) is 0 Å². The van der Waals surface area contributed by atoms with Crippen molar-refractivity contribution >= 4 is 22.9 Å². The first-order chi connectivity index (χ1) is 12.0. The Bertz CT molecular complexity index is 762. The van der Waals surface area contributed by atoms with Crippen molar-refractivity contribution in [3.63, 3.8) is 0 Å². The zero-order chi connectivity index (χ0) is 18.0. The largest absolute Gasteiger partial charge is 0.493 e. The monoisotopic (exact) mass is 362 g/mol. The van der Waals surface area contributed by atoms with Crippen LogP contribution in [0.25, 0.3) is 0 Å². The number of hydrogen-bond donors (Lipinski definition) is 1. The van der Waals surface area contributed by atoms with E-state index in [1.165, 1.54) is 4.88 Å². The number of amides is 1. The van der Waals surface area contributed by atoms with Gasteiger partial charge in [0.15, 0.2) is 11.5 Å². The maximum absolute atomic E-state index is 12.7. The van der Waals surface area contributed by atoms with Crippen molar-refractivity contribution in [2.75, 3.05) is 26.6 Å². The van der Waals surface area contributed by atoms with Crippen LogP contribution < -0.4 is 19.5 Å². The van der Waals surface area contributed by atoms with Gasteiger partial charge in [0.05, 0.1) is 32.0 Å². The van der Waals surface area contributed by atoms with Crippen LogP contribution in [0, 0.1) is 12.8 Å². The van der Waals surface area contributed by atoms with Gasteiger partial charge in [-0.25, -0.2) is 4.98 Å². The highest BCUT2D eigenvalue weighted by Gasteiger charge is 2.27. The molecule has 0 fully saturated rings. The van der Waals surface area contributed by atoms with Crippen LogP contribution in [0.1, 0.15) is 22.0 Å². The first kappa shape index (κ1) is 17.5. The van der Waals surface area contributed by atoms with Crippen LogP contribution in [-0.4, -0.2) is 32.2 Å². The molecule has 134 valence electrons. The summed E-state index contributed by atoms with van der Waals surface area (Å²) in [7, 11) is 4.66. The Morgan fingerprint density at radius 2 is 1.88 bits per heavy atom. The number of methoxy groups -OCH3 is 3. The summed E-state index contributed by atoms with van der Waals surface area (Å²) in [5.74, 6) is 1.49. The summed E-state index contributed by atoms with van der Waals surface area (Å²) in [6, 6.07) is 3.48. The minimum Gasteiger partial charge on any atom is -0.493 e. The van der Waals surface area contributed by atoms with Gasteiger partial charge in [0.1, 0.15) is 0 Å². The van der Waals surface area contributed by atoms with Crippen molar-refractivity contribution in [2.24, 2.45) is 5.92 Å². The number of ether oxygens (including phenoxy) is 3. The molecule has 0 aliphatic heterocycles. The fourth-order valence-electron chi connectivity index (χ4n) is 3.13. The average molecular weight is 362 g/mol. The number of aryl methyl sites for hydroxylation is 2. The molecule has 0 spiro atoms. The summed E-state index contributed by atoms with van der Waals surface area (Å²) < 4.78 is 16.0. The van der Waals surface area contributed by atoms with Crippen molar-refractivity contribution < 1.29 is 19.0 Å². The van der Waals surface area contributed by atoms with E-state index >= 15 is 0 Å². The van der Waals surface area contributed by atoms with Crippen LogP contribution in [0.4, 0.5) is 5.69 Å². The van der Waals surface area contributed by atoms with E-state index in [9.17, 15) is 4.79 Å². The number of benzene rings is 1. The number of aromatic nitrogens is 1. The Hall–Kier alpha value is -2.28. The summed E-state index contributed by atoms with van der Waals surface area (Å²) in [5, 5.41) is 4.05. The molecule has 0 saturated carbocycles. The van der Waals surface area contributed by atoms with Gasteiger partial charge in [-0.3, -0.25) is 4.79 Å². The van der Waals surface area contributed by atoms with Crippen LogP contribution in [0.3, 0.4) is 0 Å². The maximum atomic E-state index is 12.7. The second-order valence-corrected chi connectivity index (χ2v) is 7.23. The molecule has 1 heterocycles. The Morgan fingerprint density at radius 1 is 1.20 bits per heavy atom. The summed E-state index contributed by atoms with van der Waals surface area (Å²) in [6.45, 7) is 2.01. The average Bonchev–Trinajstić information content (AvgIpc) is 2.99. The molecule has 1 unspecified atom stereocenters. The highest BCUT2D eigenvalue weighted by Crippen LogP contribution is 2.40. The van der Waals surface area contributed by atoms with E-state index < -0.39 is 0 Å². The lowest BCUT2D eigenvalue weighted by molar-refractivity contribution is -0.120. The molecule has 6 nitrogen and oxygen atoms in total. The van der Waals surface area contributed by atoms with Crippen molar-refractivity contribution in [3.05, 3.63) is 27.7 Å². The molecule has 1 atom stereocenters. The van der Waals surface area contributed by atoms with Gasteiger partial charge in [-0.1, -0.05) is 0 Å². The third kappa shape index (κ3) is 3.56. The molecule has 1 amide bonds. The standard InChI is InChI=1S/C18H22N2O4S/c1-10-19-13-6-5-11(7-16(13)25-10)18(21)20-12-8-14(22-2)17(24-4)15(9-12)23-3/h8-9,11H,5-7H2,1-4H3,(H,20,21). The molecular formula is C18H22N2O4S. The molecule has 0 radical (unpaired) electrons. The van der Waals surface area contributed by atoms with Gasteiger partial charge < -0.3 is 19.5 Å². The number of thiazole rings is 1. The second-order valence-electron chi connectivity index (χ2n) is 5.95. The second kappa shape index (κ2) is 7.31. The summed E-state index contributed by atoms with van der Waals surface area (Å²) in [5.41, 5.74) is 1.78. The molecular weight excluding hydrogens is 340 g/mol. The van der Waals surface area contributed by atoms with Gasteiger partial charge in [-0.15, -0.1) is 11.3 Å². The third-order valence-corrected chi connectivity index (χ3v) is 5.39. The highest BCUT2D eigenvalue weighted by atomic mass is 32.1. The van der Waals surface area contributed by atoms with E-state index in [1.54, 1.807) is 44.8 Å². The molecule has 25 heavy (non-hydrogen) atoms. The number of hydrogen-bond acceptors (Lipinski definition) is 6. The molecule has 1 aliphatic carbocycles. The number of nitrogens with zero attached hydrogens (tertiary/aromatic N) is 1. The van der Waals surface area contributed by atoms with Crippen molar-refractivity contribution in [3.8, 4) is 17.2 Å². The van der Waals surface area contributed by atoms with Gasteiger partial charge in [0.2, 0.25) is 11.7 Å². The summed E-state index contributed by atoms with van der Waals surface area (Å²) in [4.78, 5) is 18.5. The van der Waals surface area contributed by atoms with E-state index in [0.29, 0.717) is 22.9 Å². The minimum absolute atomic E-state index is 0.00553. The molecule has 1 aliphatic rings.